The Labute approximate surface area is 175 Å². The number of amides is 1. The van der Waals surface area contributed by atoms with Gasteiger partial charge in [0.2, 0.25) is 5.91 Å². The molecule has 7 nitrogen and oxygen atoms in total. The van der Waals surface area contributed by atoms with Crippen molar-refractivity contribution < 1.29 is 14.3 Å². The largest absolute Gasteiger partial charge is 0.493 e. The number of aromatic nitrogens is 3. The van der Waals surface area contributed by atoms with Crippen LogP contribution in [0.15, 0.2) is 52.1 Å². The van der Waals surface area contributed by atoms with Crippen molar-refractivity contribution in [2.24, 2.45) is 7.05 Å². The molecule has 0 radical (unpaired) electrons. The maximum atomic E-state index is 12.3. The van der Waals surface area contributed by atoms with Gasteiger partial charge in [0.15, 0.2) is 22.5 Å². The lowest BCUT2D eigenvalue weighted by atomic mass is 10.2. The van der Waals surface area contributed by atoms with Gasteiger partial charge < -0.3 is 19.4 Å². The quantitative estimate of drug-likeness (QED) is 0.534. The first-order chi connectivity index (χ1) is 13.5. The maximum absolute atomic E-state index is 12.3. The number of nitrogens with zero attached hydrogens (tertiary/aromatic N) is 3. The Morgan fingerprint density at radius 1 is 1.11 bits per heavy atom. The van der Waals surface area contributed by atoms with Crippen LogP contribution in [0.3, 0.4) is 0 Å². The smallest absolute Gasteiger partial charge is 0.234 e. The minimum atomic E-state index is -0.148. The zero-order valence-corrected chi connectivity index (χ0v) is 18.0. The fourth-order valence-corrected chi connectivity index (χ4v) is 3.51. The van der Waals surface area contributed by atoms with Crippen molar-refractivity contribution in [3.8, 4) is 22.9 Å². The third-order valence-corrected chi connectivity index (χ3v) is 5.49. The molecule has 0 fully saturated rings. The van der Waals surface area contributed by atoms with Gasteiger partial charge in [-0.15, -0.1) is 10.2 Å². The number of halogens is 1. The SMILES string of the molecule is COc1ccc(NC(=O)CSc2nnc(-c3ccc(Br)cc3)n2C)cc1OC. The second-order valence-electron chi connectivity index (χ2n) is 5.78. The van der Waals surface area contributed by atoms with E-state index in [1.54, 1.807) is 32.4 Å². The van der Waals surface area contributed by atoms with E-state index in [0.717, 1.165) is 15.9 Å². The minimum Gasteiger partial charge on any atom is -0.493 e. The second-order valence-corrected chi connectivity index (χ2v) is 7.64. The Kier molecular flexibility index (Phi) is 6.58. The molecule has 2 aromatic carbocycles. The van der Waals surface area contributed by atoms with Crippen molar-refractivity contribution in [3.05, 3.63) is 46.9 Å². The van der Waals surface area contributed by atoms with Gasteiger partial charge in [0.05, 0.1) is 20.0 Å². The summed E-state index contributed by atoms with van der Waals surface area (Å²) in [7, 11) is 5.00. The van der Waals surface area contributed by atoms with Gasteiger partial charge >= 0.3 is 0 Å². The van der Waals surface area contributed by atoms with E-state index in [-0.39, 0.29) is 11.7 Å². The molecule has 28 heavy (non-hydrogen) atoms. The number of methoxy groups -OCH3 is 2. The molecule has 1 heterocycles. The first-order valence-corrected chi connectivity index (χ1v) is 10.1. The van der Waals surface area contributed by atoms with E-state index in [1.807, 2.05) is 35.9 Å². The van der Waals surface area contributed by atoms with Crippen LogP contribution in [0.1, 0.15) is 0 Å². The highest BCUT2D eigenvalue weighted by atomic mass is 79.9. The Bertz CT molecular complexity index is 976. The number of rotatable bonds is 7. The van der Waals surface area contributed by atoms with Crippen molar-refractivity contribution >= 4 is 39.3 Å². The highest BCUT2D eigenvalue weighted by molar-refractivity contribution is 9.10. The summed E-state index contributed by atoms with van der Waals surface area (Å²) in [5.41, 5.74) is 1.59. The molecule has 1 aromatic heterocycles. The topological polar surface area (TPSA) is 78.3 Å². The summed E-state index contributed by atoms with van der Waals surface area (Å²) in [5.74, 6) is 1.97. The zero-order valence-electron chi connectivity index (χ0n) is 15.6. The second kappa shape index (κ2) is 9.11. The van der Waals surface area contributed by atoms with E-state index in [1.165, 1.54) is 11.8 Å². The number of carbonyl (C=O) groups excluding carboxylic acids is 1. The van der Waals surface area contributed by atoms with Gasteiger partial charge in [-0.3, -0.25) is 4.79 Å². The molecule has 0 aliphatic carbocycles. The van der Waals surface area contributed by atoms with Crippen LogP contribution in [0.5, 0.6) is 11.5 Å². The average Bonchev–Trinajstić information content (AvgIpc) is 3.07. The number of thioether (sulfide) groups is 1. The summed E-state index contributed by atoms with van der Waals surface area (Å²) < 4.78 is 13.3. The lowest BCUT2D eigenvalue weighted by molar-refractivity contribution is -0.113. The van der Waals surface area contributed by atoms with Crippen LogP contribution in [-0.4, -0.2) is 40.6 Å². The van der Waals surface area contributed by atoms with Crippen molar-refractivity contribution in [2.45, 2.75) is 5.16 Å². The van der Waals surface area contributed by atoms with E-state index < -0.39 is 0 Å². The average molecular weight is 463 g/mol. The summed E-state index contributed by atoms with van der Waals surface area (Å²) in [6.07, 6.45) is 0. The van der Waals surface area contributed by atoms with Gasteiger partial charge in [-0.1, -0.05) is 39.8 Å². The van der Waals surface area contributed by atoms with E-state index >= 15 is 0 Å². The molecule has 0 aliphatic rings. The van der Waals surface area contributed by atoms with Gasteiger partial charge in [0, 0.05) is 28.8 Å². The van der Waals surface area contributed by atoms with Crippen LogP contribution in [0.4, 0.5) is 5.69 Å². The first kappa shape index (κ1) is 20.2. The van der Waals surface area contributed by atoms with E-state index in [4.69, 9.17) is 9.47 Å². The third kappa shape index (κ3) is 4.66. The molecule has 0 unspecified atom stereocenters. The monoisotopic (exact) mass is 462 g/mol. The number of anilines is 1. The summed E-state index contributed by atoms with van der Waals surface area (Å²) in [5, 5.41) is 11.9. The molecule has 0 aliphatic heterocycles. The van der Waals surface area contributed by atoms with Crippen molar-refractivity contribution in [1.82, 2.24) is 14.8 Å². The van der Waals surface area contributed by atoms with Gasteiger partial charge in [0.25, 0.3) is 0 Å². The molecule has 0 bridgehead atoms. The standard InChI is InChI=1S/C19H19BrN4O3S/c1-24-18(12-4-6-13(20)7-5-12)22-23-19(24)28-11-17(25)21-14-8-9-15(26-2)16(10-14)27-3/h4-10H,11H2,1-3H3,(H,21,25). The fourth-order valence-electron chi connectivity index (χ4n) is 2.53. The van der Waals surface area contributed by atoms with Gasteiger partial charge in [-0.25, -0.2) is 0 Å². The van der Waals surface area contributed by atoms with Crippen LogP contribution < -0.4 is 14.8 Å². The maximum Gasteiger partial charge on any atom is 0.234 e. The molecule has 3 rings (SSSR count). The molecular weight excluding hydrogens is 444 g/mol. The number of carbonyl (C=O) groups is 1. The summed E-state index contributed by atoms with van der Waals surface area (Å²) in [4.78, 5) is 12.3. The predicted octanol–water partition coefficient (Wildman–Crippen LogP) is 3.99. The first-order valence-electron chi connectivity index (χ1n) is 8.32. The molecule has 0 saturated heterocycles. The highest BCUT2D eigenvalue weighted by Crippen LogP contribution is 2.30. The normalized spacial score (nSPS) is 10.6. The molecule has 0 atom stereocenters. The lowest BCUT2D eigenvalue weighted by Gasteiger charge is -2.10. The minimum absolute atomic E-state index is 0.148. The van der Waals surface area contributed by atoms with E-state index in [9.17, 15) is 4.79 Å². The molecule has 3 aromatic rings. The zero-order chi connectivity index (χ0) is 20.1. The number of hydrogen-bond donors (Lipinski definition) is 1. The number of benzene rings is 2. The fraction of sp³-hybridized carbons (Fsp3) is 0.211. The van der Waals surface area contributed by atoms with Gasteiger partial charge in [-0.2, -0.15) is 0 Å². The van der Waals surface area contributed by atoms with Crippen LogP contribution >= 0.6 is 27.7 Å². The predicted molar refractivity (Wildman–Crippen MR) is 113 cm³/mol. The molecule has 9 heteroatoms. The van der Waals surface area contributed by atoms with Crippen LogP contribution in [-0.2, 0) is 11.8 Å². The summed E-state index contributed by atoms with van der Waals surface area (Å²) >= 11 is 4.74. The lowest BCUT2D eigenvalue weighted by Crippen LogP contribution is -2.14. The molecule has 146 valence electrons. The van der Waals surface area contributed by atoms with Crippen molar-refractivity contribution in [2.75, 3.05) is 25.3 Å². The van der Waals surface area contributed by atoms with Gasteiger partial charge in [-0.05, 0) is 24.3 Å². The number of nitrogens with one attached hydrogen (secondary N) is 1. The molecular formula is C19H19BrN4O3S. The number of hydrogen-bond acceptors (Lipinski definition) is 6. The van der Waals surface area contributed by atoms with Crippen LogP contribution in [0.25, 0.3) is 11.4 Å². The van der Waals surface area contributed by atoms with Crippen LogP contribution in [0, 0.1) is 0 Å². The van der Waals surface area contributed by atoms with Crippen LogP contribution in [0.2, 0.25) is 0 Å². The Morgan fingerprint density at radius 2 is 1.82 bits per heavy atom. The number of ether oxygens (including phenoxy) is 2. The molecule has 1 amide bonds. The summed E-state index contributed by atoms with van der Waals surface area (Å²) in [6, 6.07) is 13.1. The Morgan fingerprint density at radius 3 is 2.50 bits per heavy atom. The molecule has 0 saturated carbocycles. The Hall–Kier alpha value is -2.52. The van der Waals surface area contributed by atoms with Gasteiger partial charge in [0.1, 0.15) is 0 Å². The van der Waals surface area contributed by atoms with E-state index in [2.05, 4.69) is 31.4 Å². The van der Waals surface area contributed by atoms with Crippen molar-refractivity contribution in [3.63, 3.8) is 0 Å². The summed E-state index contributed by atoms with van der Waals surface area (Å²) in [6.45, 7) is 0. The van der Waals surface area contributed by atoms with E-state index in [0.29, 0.717) is 22.3 Å². The Balaban J connectivity index is 1.63. The highest BCUT2D eigenvalue weighted by Gasteiger charge is 2.13. The molecule has 0 spiro atoms. The third-order valence-electron chi connectivity index (χ3n) is 3.94. The van der Waals surface area contributed by atoms with Crippen molar-refractivity contribution in [1.29, 1.82) is 0 Å². The molecule has 1 N–H and O–H groups in total.